The Morgan fingerprint density at radius 2 is 2.31 bits per heavy atom. The summed E-state index contributed by atoms with van der Waals surface area (Å²) >= 11 is 5.33. The lowest BCUT2D eigenvalue weighted by atomic mass is 10.2. The molecule has 1 rings (SSSR count). The van der Waals surface area contributed by atoms with E-state index in [0.717, 1.165) is 38.9 Å². The zero-order valence-electron chi connectivity index (χ0n) is 9.58. The van der Waals surface area contributed by atoms with E-state index < -0.39 is 0 Å². The highest BCUT2D eigenvalue weighted by Gasteiger charge is 2.12. The van der Waals surface area contributed by atoms with Crippen LogP contribution in [0.1, 0.15) is 38.5 Å². The van der Waals surface area contributed by atoms with Crippen molar-refractivity contribution in [3.8, 4) is 11.8 Å². The summed E-state index contributed by atoms with van der Waals surface area (Å²) in [6.45, 7) is 1.62. The predicted molar refractivity (Wildman–Crippen MR) is 66.2 cm³/mol. The first kappa shape index (κ1) is 13.6. The number of allylic oxidation sites excluding steroid dienone is 1. The second-order valence-electron chi connectivity index (χ2n) is 3.74. The Morgan fingerprint density at radius 1 is 1.38 bits per heavy atom. The number of halogens is 1. The Morgan fingerprint density at radius 3 is 3.06 bits per heavy atom. The minimum absolute atomic E-state index is 0.0408. The average molecular weight is 243 g/mol. The lowest BCUT2D eigenvalue weighted by Crippen LogP contribution is -2.22. The van der Waals surface area contributed by atoms with Crippen molar-refractivity contribution in [3.63, 3.8) is 0 Å². The average Bonchev–Trinajstić information content (AvgIpc) is 2.34. The number of unbranched alkanes of at least 4 members (excludes halogenated alkanes) is 2. The normalized spacial score (nSPS) is 20.7. The van der Waals surface area contributed by atoms with Crippen LogP contribution in [0.15, 0.2) is 11.6 Å². The van der Waals surface area contributed by atoms with Crippen molar-refractivity contribution in [3.05, 3.63) is 11.6 Å². The van der Waals surface area contributed by atoms with E-state index in [4.69, 9.17) is 21.1 Å². The molecule has 0 spiro atoms. The summed E-state index contributed by atoms with van der Waals surface area (Å²) < 4.78 is 11.1. The minimum Gasteiger partial charge on any atom is -0.353 e. The lowest BCUT2D eigenvalue weighted by Gasteiger charge is -2.22. The molecule has 0 bridgehead atoms. The van der Waals surface area contributed by atoms with Crippen LogP contribution in [0.2, 0.25) is 0 Å². The smallest absolute Gasteiger partial charge is 0.157 e. The maximum absolute atomic E-state index is 5.61. The first-order chi connectivity index (χ1) is 7.93. The van der Waals surface area contributed by atoms with Gasteiger partial charge >= 0.3 is 0 Å². The Balaban J connectivity index is 1.90. The van der Waals surface area contributed by atoms with Crippen molar-refractivity contribution < 1.29 is 9.47 Å². The first-order valence-electron chi connectivity index (χ1n) is 5.90. The molecule has 1 saturated heterocycles. The molecule has 1 atom stereocenters. The molecule has 0 aliphatic carbocycles. The molecule has 16 heavy (non-hydrogen) atoms. The predicted octanol–water partition coefficient (Wildman–Crippen LogP) is 3.46. The fraction of sp³-hybridized carbons (Fsp3) is 0.692. The van der Waals surface area contributed by atoms with E-state index in [-0.39, 0.29) is 6.29 Å². The second kappa shape index (κ2) is 9.72. The molecule has 1 aliphatic heterocycles. The van der Waals surface area contributed by atoms with Gasteiger partial charge in [-0.3, -0.25) is 0 Å². The van der Waals surface area contributed by atoms with Gasteiger partial charge in [-0.2, -0.15) is 0 Å². The van der Waals surface area contributed by atoms with Gasteiger partial charge in [0.15, 0.2) is 6.29 Å². The molecule has 0 amide bonds. The SMILES string of the molecule is Cl/C=C/C#CCCCCOC1CCCCO1. The number of rotatable bonds is 5. The standard InChI is InChI=1S/C13H19ClO2/c14-10-6-3-1-2-4-7-11-15-13-9-5-8-12-16-13/h6,10,13H,2,4-5,7-9,11-12H2/b10-6+. The molecule has 0 aromatic rings. The van der Waals surface area contributed by atoms with Gasteiger partial charge in [0.25, 0.3) is 0 Å². The fourth-order valence-corrected chi connectivity index (χ4v) is 1.60. The van der Waals surface area contributed by atoms with Gasteiger partial charge in [-0.05, 0) is 38.2 Å². The van der Waals surface area contributed by atoms with Gasteiger partial charge in [-0.15, -0.1) is 0 Å². The number of hydrogen-bond donors (Lipinski definition) is 0. The molecule has 2 nitrogen and oxygen atoms in total. The third kappa shape index (κ3) is 6.90. The summed E-state index contributed by atoms with van der Waals surface area (Å²) in [6.07, 6.45) is 8.13. The van der Waals surface area contributed by atoms with E-state index in [9.17, 15) is 0 Å². The zero-order valence-corrected chi connectivity index (χ0v) is 10.3. The first-order valence-corrected chi connectivity index (χ1v) is 6.34. The Kier molecular flexibility index (Phi) is 8.24. The maximum atomic E-state index is 5.61. The molecule has 90 valence electrons. The Bertz CT molecular complexity index is 246. The fourth-order valence-electron chi connectivity index (χ4n) is 1.54. The molecular formula is C13H19ClO2. The molecule has 0 radical (unpaired) electrons. The van der Waals surface area contributed by atoms with Crippen LogP contribution < -0.4 is 0 Å². The molecule has 1 unspecified atom stereocenters. The van der Waals surface area contributed by atoms with Gasteiger partial charge in [0.05, 0.1) is 0 Å². The highest BCUT2D eigenvalue weighted by Crippen LogP contribution is 2.13. The van der Waals surface area contributed by atoms with E-state index in [2.05, 4.69) is 11.8 Å². The van der Waals surface area contributed by atoms with E-state index >= 15 is 0 Å². The third-order valence-corrected chi connectivity index (χ3v) is 2.51. The van der Waals surface area contributed by atoms with Crippen molar-refractivity contribution >= 4 is 11.6 Å². The quantitative estimate of drug-likeness (QED) is 0.543. The largest absolute Gasteiger partial charge is 0.353 e. The van der Waals surface area contributed by atoms with Crippen molar-refractivity contribution in [1.82, 2.24) is 0 Å². The third-order valence-electron chi connectivity index (χ3n) is 2.39. The van der Waals surface area contributed by atoms with Gasteiger partial charge in [-0.1, -0.05) is 23.4 Å². The van der Waals surface area contributed by atoms with Crippen LogP contribution in [0.4, 0.5) is 0 Å². The maximum Gasteiger partial charge on any atom is 0.157 e. The lowest BCUT2D eigenvalue weighted by molar-refractivity contribution is -0.162. The van der Waals surface area contributed by atoms with Crippen molar-refractivity contribution in [2.24, 2.45) is 0 Å². The highest BCUT2D eigenvalue weighted by molar-refractivity contribution is 6.25. The van der Waals surface area contributed by atoms with E-state index in [1.807, 2.05) is 0 Å². The topological polar surface area (TPSA) is 18.5 Å². The summed E-state index contributed by atoms with van der Waals surface area (Å²) in [5, 5.41) is 0. The van der Waals surface area contributed by atoms with Crippen molar-refractivity contribution in [1.29, 1.82) is 0 Å². The minimum atomic E-state index is 0.0408. The van der Waals surface area contributed by atoms with Crippen molar-refractivity contribution in [2.75, 3.05) is 13.2 Å². The van der Waals surface area contributed by atoms with Gasteiger partial charge in [0.2, 0.25) is 0 Å². The molecule has 3 heteroatoms. The summed E-state index contributed by atoms with van der Waals surface area (Å²) in [5.74, 6) is 5.86. The molecule has 1 heterocycles. The number of ether oxygens (including phenoxy) is 2. The van der Waals surface area contributed by atoms with Crippen LogP contribution in [0.3, 0.4) is 0 Å². The summed E-state index contributed by atoms with van der Waals surface area (Å²) in [6, 6.07) is 0. The van der Waals surface area contributed by atoms with Crippen LogP contribution in [-0.4, -0.2) is 19.5 Å². The molecule has 1 aliphatic rings. The van der Waals surface area contributed by atoms with E-state index in [0.29, 0.717) is 0 Å². The summed E-state index contributed by atoms with van der Waals surface area (Å²) in [4.78, 5) is 0. The second-order valence-corrected chi connectivity index (χ2v) is 3.99. The van der Waals surface area contributed by atoms with Crippen LogP contribution in [0.5, 0.6) is 0 Å². The van der Waals surface area contributed by atoms with Crippen LogP contribution in [-0.2, 0) is 9.47 Å². The van der Waals surface area contributed by atoms with Gasteiger partial charge in [-0.25, -0.2) is 0 Å². The molecule has 0 aromatic carbocycles. The van der Waals surface area contributed by atoms with Crippen LogP contribution in [0, 0.1) is 11.8 Å². The van der Waals surface area contributed by atoms with Gasteiger partial charge in [0.1, 0.15) is 0 Å². The number of hydrogen-bond acceptors (Lipinski definition) is 2. The van der Waals surface area contributed by atoms with Crippen LogP contribution in [0.25, 0.3) is 0 Å². The molecule has 0 saturated carbocycles. The summed E-state index contributed by atoms with van der Waals surface area (Å²) in [7, 11) is 0. The van der Waals surface area contributed by atoms with E-state index in [1.165, 1.54) is 18.4 Å². The summed E-state index contributed by atoms with van der Waals surface area (Å²) in [5.41, 5.74) is 1.43. The zero-order chi connectivity index (χ0) is 11.5. The highest BCUT2D eigenvalue weighted by atomic mass is 35.5. The Hall–Kier alpha value is -0.490. The van der Waals surface area contributed by atoms with Gasteiger partial charge < -0.3 is 9.47 Å². The molecular weight excluding hydrogens is 224 g/mol. The molecule has 1 fully saturated rings. The van der Waals surface area contributed by atoms with E-state index in [1.54, 1.807) is 6.08 Å². The van der Waals surface area contributed by atoms with Crippen molar-refractivity contribution in [2.45, 2.75) is 44.8 Å². The van der Waals surface area contributed by atoms with Crippen LogP contribution >= 0.6 is 11.6 Å². The van der Waals surface area contributed by atoms with Gasteiger partial charge in [0, 0.05) is 25.2 Å². The Labute approximate surface area is 103 Å². The molecule has 0 N–H and O–H groups in total. The molecule has 0 aromatic heterocycles. The monoisotopic (exact) mass is 242 g/mol.